The van der Waals surface area contributed by atoms with Crippen molar-refractivity contribution in [3.63, 3.8) is 0 Å². The van der Waals surface area contributed by atoms with Crippen LogP contribution in [0.1, 0.15) is 26.8 Å². The zero-order valence-corrected chi connectivity index (χ0v) is 15.2. The Morgan fingerprint density at radius 3 is 2.96 bits per heavy atom. The van der Waals surface area contributed by atoms with Gasteiger partial charge in [0.05, 0.1) is 25.0 Å². The van der Waals surface area contributed by atoms with Crippen LogP contribution in [0.3, 0.4) is 0 Å². The van der Waals surface area contributed by atoms with E-state index in [0.29, 0.717) is 36.0 Å². The van der Waals surface area contributed by atoms with E-state index in [1.165, 1.54) is 18.4 Å². The number of nitrogens with zero attached hydrogens (tertiary/aromatic N) is 4. The second-order valence-electron chi connectivity index (χ2n) is 5.96. The maximum Gasteiger partial charge on any atom is 0.413 e. The average molecular weight is 371 g/mol. The van der Waals surface area contributed by atoms with Gasteiger partial charge in [0.2, 0.25) is 0 Å². The van der Waals surface area contributed by atoms with E-state index in [1.54, 1.807) is 4.90 Å². The predicted molar refractivity (Wildman–Crippen MR) is 96.5 cm³/mol. The number of carbonyl (C=O) groups excluding carboxylic acids is 2. The van der Waals surface area contributed by atoms with Crippen LogP contribution in [0, 0.1) is 6.92 Å². The Labute approximate surface area is 153 Å². The molecule has 3 aromatic rings. The Hall–Kier alpha value is -2.94. The number of nitrogens with one attached hydrogen (secondary N) is 1. The zero-order valence-electron chi connectivity index (χ0n) is 14.4. The number of aryl methyl sites for hydroxylation is 1. The van der Waals surface area contributed by atoms with Gasteiger partial charge >= 0.3 is 6.09 Å². The van der Waals surface area contributed by atoms with Crippen LogP contribution in [0.15, 0.2) is 24.4 Å². The van der Waals surface area contributed by atoms with Crippen molar-refractivity contribution in [2.24, 2.45) is 0 Å². The first-order valence-corrected chi connectivity index (χ1v) is 8.95. The van der Waals surface area contributed by atoms with Crippen LogP contribution in [-0.4, -0.2) is 44.9 Å². The number of ether oxygens (including phenoxy) is 1. The lowest BCUT2D eigenvalue weighted by molar-refractivity contribution is 0.0728. The standard InChI is InChI=1S/C17H17N5O3S/c1-10-14(22-7-4-3-5-13(22)18-10)15(23)21-8-6-11-12(9-21)26-16(19-11)20-17(24)25-2/h3-5,7H,6,8-9H2,1-2H3,(H,19,20,24). The Balaban J connectivity index is 1.59. The molecule has 0 aliphatic carbocycles. The summed E-state index contributed by atoms with van der Waals surface area (Å²) in [5, 5.41) is 3.07. The Bertz CT molecular complexity index is 1010. The summed E-state index contributed by atoms with van der Waals surface area (Å²) >= 11 is 1.37. The zero-order chi connectivity index (χ0) is 18.3. The molecule has 2 amide bonds. The van der Waals surface area contributed by atoms with Gasteiger partial charge in [-0.3, -0.25) is 14.5 Å². The Morgan fingerprint density at radius 1 is 1.31 bits per heavy atom. The number of thiazole rings is 1. The number of rotatable bonds is 2. The third kappa shape index (κ3) is 2.80. The topological polar surface area (TPSA) is 88.8 Å². The number of hydrogen-bond donors (Lipinski definition) is 1. The third-order valence-corrected chi connectivity index (χ3v) is 5.32. The van der Waals surface area contributed by atoms with Gasteiger partial charge < -0.3 is 9.64 Å². The molecule has 1 aliphatic rings. The van der Waals surface area contributed by atoms with Crippen LogP contribution < -0.4 is 5.32 Å². The van der Waals surface area contributed by atoms with Crippen molar-refractivity contribution < 1.29 is 14.3 Å². The highest BCUT2D eigenvalue weighted by atomic mass is 32.1. The highest BCUT2D eigenvalue weighted by molar-refractivity contribution is 7.15. The van der Waals surface area contributed by atoms with E-state index in [-0.39, 0.29) is 5.91 Å². The molecule has 1 N–H and O–H groups in total. The first-order valence-electron chi connectivity index (χ1n) is 8.13. The van der Waals surface area contributed by atoms with Crippen molar-refractivity contribution in [3.8, 4) is 0 Å². The van der Waals surface area contributed by atoms with E-state index in [4.69, 9.17) is 0 Å². The number of hydrogen-bond acceptors (Lipinski definition) is 6. The van der Waals surface area contributed by atoms with Crippen LogP contribution in [-0.2, 0) is 17.7 Å². The van der Waals surface area contributed by atoms with Crippen LogP contribution in [0.4, 0.5) is 9.93 Å². The van der Waals surface area contributed by atoms with E-state index in [1.807, 2.05) is 35.7 Å². The number of fused-ring (bicyclic) bond motifs is 2. The maximum atomic E-state index is 13.1. The first-order chi connectivity index (χ1) is 12.6. The molecule has 4 heterocycles. The molecule has 26 heavy (non-hydrogen) atoms. The fourth-order valence-electron chi connectivity index (χ4n) is 3.08. The van der Waals surface area contributed by atoms with Gasteiger partial charge in [0.1, 0.15) is 11.3 Å². The number of anilines is 1. The lowest BCUT2D eigenvalue weighted by Crippen LogP contribution is -2.36. The minimum absolute atomic E-state index is 0.0530. The van der Waals surface area contributed by atoms with Gasteiger partial charge in [-0.1, -0.05) is 17.4 Å². The number of carbonyl (C=O) groups is 2. The molecular weight excluding hydrogens is 354 g/mol. The fraction of sp³-hybridized carbons (Fsp3) is 0.294. The van der Waals surface area contributed by atoms with E-state index >= 15 is 0 Å². The maximum absolute atomic E-state index is 13.1. The molecule has 0 aromatic carbocycles. The summed E-state index contributed by atoms with van der Waals surface area (Å²) in [5.74, 6) is -0.0530. The fourth-order valence-corrected chi connectivity index (χ4v) is 4.09. The molecule has 3 aromatic heterocycles. The number of aromatic nitrogens is 3. The number of methoxy groups -OCH3 is 1. The van der Waals surface area contributed by atoms with Gasteiger partial charge in [0, 0.05) is 24.0 Å². The van der Waals surface area contributed by atoms with Crippen molar-refractivity contribution in [2.45, 2.75) is 19.9 Å². The predicted octanol–water partition coefficient (Wildman–Crippen LogP) is 2.48. The molecule has 0 atom stereocenters. The summed E-state index contributed by atoms with van der Waals surface area (Å²) in [6, 6.07) is 5.66. The van der Waals surface area contributed by atoms with Crippen molar-refractivity contribution in [1.82, 2.24) is 19.3 Å². The van der Waals surface area contributed by atoms with Gasteiger partial charge in [-0.05, 0) is 19.1 Å². The number of amides is 2. The summed E-state index contributed by atoms with van der Waals surface area (Å²) in [6.07, 6.45) is 1.95. The largest absolute Gasteiger partial charge is 0.453 e. The summed E-state index contributed by atoms with van der Waals surface area (Å²) in [4.78, 5) is 36.1. The third-order valence-electron chi connectivity index (χ3n) is 4.32. The smallest absolute Gasteiger partial charge is 0.413 e. The van der Waals surface area contributed by atoms with Gasteiger partial charge in [-0.15, -0.1) is 0 Å². The van der Waals surface area contributed by atoms with Crippen LogP contribution in [0.2, 0.25) is 0 Å². The molecule has 134 valence electrons. The van der Waals surface area contributed by atoms with Gasteiger partial charge in [-0.25, -0.2) is 14.8 Å². The van der Waals surface area contributed by atoms with E-state index < -0.39 is 6.09 Å². The molecule has 0 spiro atoms. The molecule has 0 fully saturated rings. The minimum Gasteiger partial charge on any atom is -0.453 e. The molecule has 0 saturated heterocycles. The second-order valence-corrected chi connectivity index (χ2v) is 7.04. The van der Waals surface area contributed by atoms with Crippen molar-refractivity contribution in [2.75, 3.05) is 19.0 Å². The Morgan fingerprint density at radius 2 is 2.15 bits per heavy atom. The number of pyridine rings is 1. The van der Waals surface area contributed by atoms with Gasteiger partial charge in [0.25, 0.3) is 5.91 Å². The molecule has 4 rings (SSSR count). The Kier molecular flexibility index (Phi) is 4.08. The highest BCUT2D eigenvalue weighted by Crippen LogP contribution is 2.29. The van der Waals surface area contributed by atoms with Crippen molar-refractivity contribution >= 4 is 34.1 Å². The molecule has 0 radical (unpaired) electrons. The molecule has 0 unspecified atom stereocenters. The number of imidazole rings is 1. The average Bonchev–Trinajstić information content (AvgIpc) is 3.19. The van der Waals surface area contributed by atoms with Crippen LogP contribution in [0.5, 0.6) is 0 Å². The SMILES string of the molecule is COC(=O)Nc1nc2c(s1)CN(C(=O)c1c(C)nc3ccccn13)CC2. The molecular formula is C17H17N5O3S. The molecule has 0 bridgehead atoms. The van der Waals surface area contributed by atoms with Gasteiger partial charge in [-0.2, -0.15) is 0 Å². The monoisotopic (exact) mass is 371 g/mol. The summed E-state index contributed by atoms with van der Waals surface area (Å²) in [6.45, 7) is 2.89. The first kappa shape index (κ1) is 16.5. The lowest BCUT2D eigenvalue weighted by Gasteiger charge is -2.26. The second kappa shape index (κ2) is 6.41. The highest BCUT2D eigenvalue weighted by Gasteiger charge is 2.28. The molecule has 1 aliphatic heterocycles. The van der Waals surface area contributed by atoms with Crippen LogP contribution >= 0.6 is 11.3 Å². The van der Waals surface area contributed by atoms with Crippen LogP contribution in [0.25, 0.3) is 5.65 Å². The lowest BCUT2D eigenvalue weighted by atomic mass is 10.1. The van der Waals surface area contributed by atoms with Crippen molar-refractivity contribution in [3.05, 3.63) is 46.4 Å². The molecule has 9 heteroatoms. The quantitative estimate of drug-likeness (QED) is 0.748. The van der Waals surface area contributed by atoms with Gasteiger partial charge in [0.15, 0.2) is 5.13 Å². The normalized spacial score (nSPS) is 13.5. The minimum atomic E-state index is -0.551. The summed E-state index contributed by atoms with van der Waals surface area (Å²) < 4.78 is 6.41. The summed E-state index contributed by atoms with van der Waals surface area (Å²) in [5.41, 5.74) is 2.97. The van der Waals surface area contributed by atoms with E-state index in [0.717, 1.165) is 16.2 Å². The molecule has 0 saturated carbocycles. The summed E-state index contributed by atoms with van der Waals surface area (Å²) in [7, 11) is 1.31. The van der Waals surface area contributed by atoms with Crippen molar-refractivity contribution in [1.29, 1.82) is 0 Å². The molecule has 8 nitrogen and oxygen atoms in total. The van der Waals surface area contributed by atoms with E-state index in [9.17, 15) is 9.59 Å². The van der Waals surface area contributed by atoms with E-state index in [2.05, 4.69) is 20.0 Å².